The van der Waals surface area contributed by atoms with Gasteiger partial charge in [-0.1, -0.05) is 11.6 Å². The minimum Gasteiger partial charge on any atom is -0.339 e. The van der Waals surface area contributed by atoms with Crippen LogP contribution in [0.2, 0.25) is 0 Å². The molecule has 124 valence electrons. The van der Waals surface area contributed by atoms with Crippen molar-refractivity contribution in [1.82, 2.24) is 25.7 Å². The SMILES string of the molecule is CN(Cc1noc(C2CCC2)n1)C(=O)CC[C@H]1NC(=O)NC1=O. The Hall–Kier alpha value is -2.45. The van der Waals surface area contributed by atoms with Crippen molar-refractivity contribution in [2.75, 3.05) is 7.05 Å². The molecule has 2 N–H and O–H groups in total. The molecule has 4 amide bonds. The topological polar surface area (TPSA) is 117 Å². The Labute approximate surface area is 132 Å². The highest BCUT2D eigenvalue weighted by Gasteiger charge is 2.30. The van der Waals surface area contributed by atoms with Gasteiger partial charge in [0.1, 0.15) is 6.04 Å². The van der Waals surface area contributed by atoms with E-state index in [0.717, 1.165) is 12.8 Å². The molecule has 2 aliphatic rings. The van der Waals surface area contributed by atoms with Crippen LogP contribution in [0.1, 0.15) is 49.7 Å². The average Bonchev–Trinajstić information content (AvgIpc) is 3.01. The summed E-state index contributed by atoms with van der Waals surface area (Å²) in [6.07, 6.45) is 3.76. The monoisotopic (exact) mass is 321 g/mol. The van der Waals surface area contributed by atoms with E-state index >= 15 is 0 Å². The van der Waals surface area contributed by atoms with Crippen molar-refractivity contribution in [3.05, 3.63) is 11.7 Å². The van der Waals surface area contributed by atoms with E-state index in [0.29, 0.717) is 17.6 Å². The summed E-state index contributed by atoms with van der Waals surface area (Å²) >= 11 is 0. The molecular weight excluding hydrogens is 302 g/mol. The molecule has 2 fully saturated rings. The number of rotatable bonds is 6. The Bertz CT molecular complexity index is 624. The lowest BCUT2D eigenvalue weighted by molar-refractivity contribution is -0.130. The third-order valence-electron chi connectivity index (χ3n) is 4.25. The summed E-state index contributed by atoms with van der Waals surface area (Å²) in [6.45, 7) is 0.262. The van der Waals surface area contributed by atoms with Gasteiger partial charge in [0.15, 0.2) is 5.82 Å². The van der Waals surface area contributed by atoms with Crippen molar-refractivity contribution in [1.29, 1.82) is 0 Å². The van der Waals surface area contributed by atoms with Gasteiger partial charge in [0.05, 0.1) is 6.54 Å². The fraction of sp³-hybridized carbons (Fsp3) is 0.643. The summed E-state index contributed by atoms with van der Waals surface area (Å²) in [5, 5.41) is 8.50. The quantitative estimate of drug-likeness (QED) is 0.727. The molecule has 1 aliphatic heterocycles. The summed E-state index contributed by atoms with van der Waals surface area (Å²) < 4.78 is 5.22. The molecule has 1 saturated carbocycles. The fourth-order valence-corrected chi connectivity index (χ4v) is 2.57. The molecule has 0 aromatic carbocycles. The van der Waals surface area contributed by atoms with Crippen molar-refractivity contribution in [3.8, 4) is 0 Å². The van der Waals surface area contributed by atoms with Gasteiger partial charge in [-0.25, -0.2) is 4.79 Å². The molecule has 0 radical (unpaired) electrons. The van der Waals surface area contributed by atoms with Gasteiger partial charge in [-0.3, -0.25) is 14.9 Å². The number of aromatic nitrogens is 2. The Morgan fingerprint density at radius 1 is 1.39 bits per heavy atom. The molecule has 1 aliphatic carbocycles. The van der Waals surface area contributed by atoms with Crippen LogP contribution in [0.5, 0.6) is 0 Å². The van der Waals surface area contributed by atoms with Crippen molar-refractivity contribution >= 4 is 17.8 Å². The van der Waals surface area contributed by atoms with Crippen LogP contribution in [-0.4, -0.2) is 46.0 Å². The van der Waals surface area contributed by atoms with Gasteiger partial charge < -0.3 is 14.7 Å². The number of carbonyl (C=O) groups is 3. The molecule has 9 heteroatoms. The minimum atomic E-state index is -0.643. The lowest BCUT2D eigenvalue weighted by atomic mass is 9.85. The minimum absolute atomic E-state index is 0.144. The first-order valence-corrected chi connectivity index (χ1v) is 7.70. The van der Waals surface area contributed by atoms with Crippen LogP contribution in [0, 0.1) is 0 Å². The highest BCUT2D eigenvalue weighted by molar-refractivity contribution is 6.04. The van der Waals surface area contributed by atoms with Gasteiger partial charge in [0.2, 0.25) is 11.8 Å². The van der Waals surface area contributed by atoms with E-state index in [4.69, 9.17) is 4.52 Å². The van der Waals surface area contributed by atoms with Crippen molar-refractivity contribution in [3.63, 3.8) is 0 Å². The largest absolute Gasteiger partial charge is 0.339 e. The molecule has 1 aromatic heterocycles. The maximum atomic E-state index is 12.1. The fourth-order valence-electron chi connectivity index (χ4n) is 2.57. The lowest BCUT2D eigenvalue weighted by Gasteiger charge is -2.20. The first-order valence-electron chi connectivity index (χ1n) is 7.70. The van der Waals surface area contributed by atoms with Crippen LogP contribution in [0.25, 0.3) is 0 Å². The maximum absolute atomic E-state index is 12.1. The van der Waals surface area contributed by atoms with Crippen LogP contribution in [0.3, 0.4) is 0 Å². The van der Waals surface area contributed by atoms with Crippen molar-refractivity contribution < 1.29 is 18.9 Å². The smallest absolute Gasteiger partial charge is 0.322 e. The van der Waals surface area contributed by atoms with Crippen LogP contribution in [-0.2, 0) is 16.1 Å². The summed E-state index contributed by atoms with van der Waals surface area (Å²) in [7, 11) is 1.65. The van der Waals surface area contributed by atoms with Crippen LogP contribution < -0.4 is 10.6 Å². The van der Waals surface area contributed by atoms with Crippen molar-refractivity contribution in [2.45, 2.75) is 50.6 Å². The number of amides is 4. The predicted octanol–water partition coefficient (Wildman–Crippen LogP) is 0.284. The highest BCUT2D eigenvalue weighted by atomic mass is 16.5. The number of nitrogens with zero attached hydrogens (tertiary/aromatic N) is 3. The highest BCUT2D eigenvalue weighted by Crippen LogP contribution is 2.35. The summed E-state index contributed by atoms with van der Waals surface area (Å²) in [5.41, 5.74) is 0. The molecule has 1 aromatic rings. The molecule has 1 atom stereocenters. The van der Waals surface area contributed by atoms with Crippen LogP contribution >= 0.6 is 0 Å². The molecule has 0 spiro atoms. The Morgan fingerprint density at radius 3 is 2.78 bits per heavy atom. The van der Waals surface area contributed by atoms with Gasteiger partial charge in [0, 0.05) is 19.4 Å². The van der Waals surface area contributed by atoms with Gasteiger partial charge in [0.25, 0.3) is 5.91 Å². The normalized spacial score (nSPS) is 20.8. The molecule has 1 saturated heterocycles. The molecular formula is C14H19N5O4. The number of imide groups is 1. The van der Waals surface area contributed by atoms with E-state index in [-0.39, 0.29) is 25.3 Å². The molecule has 0 bridgehead atoms. The van der Waals surface area contributed by atoms with Crippen LogP contribution in [0.15, 0.2) is 4.52 Å². The van der Waals surface area contributed by atoms with Crippen molar-refractivity contribution in [2.24, 2.45) is 0 Å². The maximum Gasteiger partial charge on any atom is 0.322 e. The zero-order valence-electron chi connectivity index (χ0n) is 12.9. The standard InChI is InChI=1S/C14H19N5O4/c1-19(7-10-16-13(23-18-10)8-3-2-4-8)11(20)6-5-9-12(21)17-14(22)15-9/h8-9H,2-7H2,1H3,(H2,15,17,21,22)/t9-/m1/s1. The lowest BCUT2D eigenvalue weighted by Crippen LogP contribution is -2.32. The van der Waals surface area contributed by atoms with E-state index < -0.39 is 18.0 Å². The first-order chi connectivity index (χ1) is 11.0. The Morgan fingerprint density at radius 2 is 2.17 bits per heavy atom. The third kappa shape index (κ3) is 3.49. The Balaban J connectivity index is 1.46. The molecule has 23 heavy (non-hydrogen) atoms. The first kappa shape index (κ1) is 15.4. The third-order valence-corrected chi connectivity index (χ3v) is 4.25. The summed E-state index contributed by atoms with van der Waals surface area (Å²) in [4.78, 5) is 40.3. The second kappa shape index (κ2) is 6.35. The Kier molecular flexibility index (Phi) is 4.26. The second-order valence-corrected chi connectivity index (χ2v) is 5.98. The summed E-state index contributed by atoms with van der Waals surface area (Å²) in [6, 6.07) is -1.16. The van der Waals surface area contributed by atoms with Gasteiger partial charge in [-0.15, -0.1) is 0 Å². The van der Waals surface area contributed by atoms with Gasteiger partial charge in [-0.05, 0) is 19.3 Å². The number of nitrogens with one attached hydrogen (secondary N) is 2. The number of carbonyl (C=O) groups excluding carboxylic acids is 3. The number of hydrogen-bond donors (Lipinski definition) is 2. The van der Waals surface area contributed by atoms with Crippen LogP contribution in [0.4, 0.5) is 4.79 Å². The average molecular weight is 321 g/mol. The number of urea groups is 1. The zero-order chi connectivity index (χ0) is 16.4. The number of hydrogen-bond acceptors (Lipinski definition) is 6. The molecule has 2 heterocycles. The second-order valence-electron chi connectivity index (χ2n) is 5.98. The molecule has 9 nitrogen and oxygen atoms in total. The van der Waals surface area contributed by atoms with E-state index in [9.17, 15) is 14.4 Å². The van der Waals surface area contributed by atoms with E-state index in [2.05, 4.69) is 20.8 Å². The van der Waals surface area contributed by atoms with Gasteiger partial charge in [-0.2, -0.15) is 4.98 Å². The predicted molar refractivity (Wildman–Crippen MR) is 77.1 cm³/mol. The van der Waals surface area contributed by atoms with E-state index in [1.807, 2.05) is 0 Å². The van der Waals surface area contributed by atoms with E-state index in [1.54, 1.807) is 7.05 Å². The molecule has 3 rings (SSSR count). The summed E-state index contributed by atoms with van der Waals surface area (Å²) in [5.74, 6) is 0.955. The van der Waals surface area contributed by atoms with E-state index in [1.165, 1.54) is 11.3 Å². The molecule has 0 unspecified atom stereocenters. The zero-order valence-corrected chi connectivity index (χ0v) is 12.9. The van der Waals surface area contributed by atoms with Gasteiger partial charge >= 0.3 is 6.03 Å².